The molecule has 1 aliphatic carbocycles. The number of rotatable bonds is 6. The second kappa shape index (κ2) is 8.26. The van der Waals surface area contributed by atoms with Crippen LogP contribution in [0.25, 0.3) is 0 Å². The summed E-state index contributed by atoms with van der Waals surface area (Å²) in [5.74, 6) is -0.499. The zero-order chi connectivity index (χ0) is 19.5. The van der Waals surface area contributed by atoms with Gasteiger partial charge in [0.25, 0.3) is 10.0 Å². The highest BCUT2D eigenvalue weighted by Gasteiger charge is 2.28. The van der Waals surface area contributed by atoms with Crippen molar-refractivity contribution in [3.8, 4) is 0 Å². The van der Waals surface area contributed by atoms with Crippen LogP contribution in [0, 0.1) is 5.92 Å². The van der Waals surface area contributed by atoms with Crippen LogP contribution in [0.5, 0.6) is 0 Å². The molecule has 0 bridgehead atoms. The Labute approximate surface area is 160 Å². The minimum Gasteiger partial charge on any atom is -0.277 e. The minimum absolute atomic E-state index is 0.0644. The molecule has 0 radical (unpaired) electrons. The van der Waals surface area contributed by atoms with Crippen molar-refractivity contribution in [1.82, 2.24) is 14.6 Å². The first-order chi connectivity index (χ1) is 12.8. The maximum atomic E-state index is 12.5. The van der Waals surface area contributed by atoms with E-state index in [2.05, 4.69) is 10.3 Å². The third-order valence-corrected chi connectivity index (χ3v) is 8.30. The number of amides is 1. The zero-order valence-corrected chi connectivity index (χ0v) is 16.7. The van der Waals surface area contributed by atoms with Crippen molar-refractivity contribution in [2.24, 2.45) is 5.92 Å². The molecule has 8 nitrogen and oxygen atoms in total. The number of nitrogens with zero attached hydrogens (tertiary/aromatic N) is 1. The molecule has 1 saturated carbocycles. The minimum atomic E-state index is -3.97. The van der Waals surface area contributed by atoms with E-state index in [-0.39, 0.29) is 21.6 Å². The van der Waals surface area contributed by atoms with E-state index in [4.69, 9.17) is 0 Å². The van der Waals surface area contributed by atoms with Gasteiger partial charge in [0.15, 0.2) is 0 Å². The van der Waals surface area contributed by atoms with Gasteiger partial charge in [0.05, 0.1) is 9.79 Å². The quantitative estimate of drug-likeness (QED) is 0.681. The standard InChI is InChI=1S/C17H25N3O5S2/c21-17(14-6-2-1-3-7-14)18-19-26(22,23)15-8-10-16(11-9-15)27(24,25)20-12-4-5-13-20/h8-11,14,19H,1-7,12-13H2,(H,18,21). The van der Waals surface area contributed by atoms with E-state index in [1.165, 1.54) is 28.6 Å². The molecule has 3 rings (SSSR count). The van der Waals surface area contributed by atoms with Crippen LogP contribution in [-0.2, 0) is 24.8 Å². The maximum Gasteiger partial charge on any atom is 0.257 e. The summed E-state index contributed by atoms with van der Waals surface area (Å²) in [5, 5.41) is 0. The SMILES string of the molecule is O=C(NNS(=O)(=O)c1ccc(S(=O)(=O)N2CCCC2)cc1)C1CCCCC1. The lowest BCUT2D eigenvalue weighted by Crippen LogP contribution is -2.44. The highest BCUT2D eigenvalue weighted by Crippen LogP contribution is 2.24. The number of carbonyl (C=O) groups is 1. The third kappa shape index (κ3) is 4.68. The Kier molecular flexibility index (Phi) is 6.19. The summed E-state index contributed by atoms with van der Waals surface area (Å²) >= 11 is 0. The van der Waals surface area contributed by atoms with Crippen LogP contribution in [0.3, 0.4) is 0 Å². The lowest BCUT2D eigenvalue weighted by molar-refractivity contribution is -0.126. The summed E-state index contributed by atoms with van der Waals surface area (Å²) in [6.45, 7) is 0.967. The van der Waals surface area contributed by atoms with Gasteiger partial charge in [-0.1, -0.05) is 19.3 Å². The van der Waals surface area contributed by atoms with Crippen molar-refractivity contribution in [1.29, 1.82) is 0 Å². The van der Waals surface area contributed by atoms with Crippen molar-refractivity contribution in [3.63, 3.8) is 0 Å². The molecule has 27 heavy (non-hydrogen) atoms. The molecule has 0 unspecified atom stereocenters. The average molecular weight is 416 g/mol. The second-order valence-corrected chi connectivity index (χ2v) is 10.6. The van der Waals surface area contributed by atoms with Gasteiger partial charge in [0.1, 0.15) is 0 Å². The van der Waals surface area contributed by atoms with Gasteiger partial charge in [-0.25, -0.2) is 16.8 Å². The predicted molar refractivity (Wildman–Crippen MR) is 99.5 cm³/mol. The van der Waals surface area contributed by atoms with Crippen LogP contribution in [0.1, 0.15) is 44.9 Å². The first-order valence-corrected chi connectivity index (χ1v) is 12.1. The third-order valence-electron chi connectivity index (χ3n) is 5.12. The lowest BCUT2D eigenvalue weighted by atomic mass is 9.89. The van der Waals surface area contributed by atoms with E-state index in [1.807, 2.05) is 0 Å². The van der Waals surface area contributed by atoms with Crippen LogP contribution < -0.4 is 10.3 Å². The summed E-state index contributed by atoms with van der Waals surface area (Å²) in [7, 11) is -7.56. The molecule has 2 fully saturated rings. The van der Waals surface area contributed by atoms with Gasteiger partial charge in [0, 0.05) is 19.0 Å². The number of carbonyl (C=O) groups excluding carboxylic acids is 1. The molecule has 1 amide bonds. The van der Waals surface area contributed by atoms with Crippen LogP contribution >= 0.6 is 0 Å². The van der Waals surface area contributed by atoms with Gasteiger partial charge >= 0.3 is 0 Å². The van der Waals surface area contributed by atoms with Gasteiger partial charge in [-0.2, -0.15) is 4.31 Å². The highest BCUT2D eigenvalue weighted by molar-refractivity contribution is 7.89. The van der Waals surface area contributed by atoms with E-state index in [1.54, 1.807) is 0 Å². The molecule has 1 aromatic carbocycles. The topological polar surface area (TPSA) is 113 Å². The van der Waals surface area contributed by atoms with Crippen molar-refractivity contribution in [2.75, 3.05) is 13.1 Å². The first-order valence-electron chi connectivity index (χ1n) is 9.22. The van der Waals surface area contributed by atoms with Crippen molar-refractivity contribution < 1.29 is 21.6 Å². The fraction of sp³-hybridized carbons (Fsp3) is 0.588. The zero-order valence-electron chi connectivity index (χ0n) is 15.1. The monoisotopic (exact) mass is 415 g/mol. The van der Waals surface area contributed by atoms with Crippen molar-refractivity contribution in [3.05, 3.63) is 24.3 Å². The van der Waals surface area contributed by atoms with Gasteiger partial charge in [-0.05, 0) is 49.9 Å². The smallest absolute Gasteiger partial charge is 0.257 e. The summed E-state index contributed by atoms with van der Waals surface area (Å²) in [6.07, 6.45) is 6.22. The molecule has 0 atom stereocenters. The second-order valence-electron chi connectivity index (χ2n) is 7.01. The molecule has 1 heterocycles. The maximum absolute atomic E-state index is 12.5. The lowest BCUT2D eigenvalue weighted by Gasteiger charge is -2.20. The Hall–Kier alpha value is -1.49. The molecule has 1 saturated heterocycles. The normalized spacial score (nSPS) is 19.9. The Morgan fingerprint density at radius 2 is 1.41 bits per heavy atom. The van der Waals surface area contributed by atoms with E-state index in [0.717, 1.165) is 44.9 Å². The molecular weight excluding hydrogens is 390 g/mol. The Balaban J connectivity index is 1.65. The number of hydrogen-bond acceptors (Lipinski definition) is 5. The number of hydrogen-bond donors (Lipinski definition) is 2. The van der Waals surface area contributed by atoms with Crippen LogP contribution in [0.2, 0.25) is 0 Å². The molecule has 150 valence electrons. The summed E-state index contributed by atoms with van der Waals surface area (Å²) < 4.78 is 51.1. The average Bonchev–Trinajstić information content (AvgIpc) is 3.23. The Morgan fingerprint density at radius 1 is 0.852 bits per heavy atom. The number of hydrazine groups is 1. The molecule has 10 heteroatoms. The summed E-state index contributed by atoms with van der Waals surface area (Å²) in [4.78, 5) is 14.1. The molecule has 1 aliphatic heterocycles. The van der Waals surface area contributed by atoms with E-state index in [0.29, 0.717) is 13.1 Å². The molecular formula is C17H25N3O5S2. The van der Waals surface area contributed by atoms with Gasteiger partial charge in [0.2, 0.25) is 15.9 Å². The van der Waals surface area contributed by atoms with Crippen molar-refractivity contribution in [2.45, 2.75) is 54.7 Å². The highest BCUT2D eigenvalue weighted by atomic mass is 32.2. The van der Waals surface area contributed by atoms with Crippen LogP contribution in [-0.4, -0.2) is 40.1 Å². The van der Waals surface area contributed by atoms with Gasteiger partial charge in [-0.3, -0.25) is 10.2 Å². The largest absolute Gasteiger partial charge is 0.277 e. The molecule has 2 aliphatic rings. The molecule has 0 spiro atoms. The van der Waals surface area contributed by atoms with E-state index >= 15 is 0 Å². The summed E-state index contributed by atoms with van der Waals surface area (Å²) in [6, 6.07) is 5.03. The fourth-order valence-corrected chi connectivity index (χ4v) is 5.88. The molecule has 2 N–H and O–H groups in total. The fourth-order valence-electron chi connectivity index (χ4n) is 3.51. The number of nitrogens with one attached hydrogen (secondary N) is 2. The van der Waals surface area contributed by atoms with Gasteiger partial charge < -0.3 is 0 Å². The number of sulfonamides is 2. The molecule has 0 aromatic heterocycles. The Bertz CT molecular complexity index is 870. The number of benzene rings is 1. The van der Waals surface area contributed by atoms with Gasteiger partial charge in [-0.15, -0.1) is 4.83 Å². The van der Waals surface area contributed by atoms with Crippen LogP contribution in [0.4, 0.5) is 0 Å². The predicted octanol–water partition coefficient (Wildman–Crippen LogP) is 1.36. The van der Waals surface area contributed by atoms with Crippen molar-refractivity contribution >= 4 is 26.0 Å². The van der Waals surface area contributed by atoms with E-state index in [9.17, 15) is 21.6 Å². The van der Waals surface area contributed by atoms with Crippen LogP contribution in [0.15, 0.2) is 34.1 Å². The first kappa shape index (κ1) is 20.2. The summed E-state index contributed by atoms with van der Waals surface area (Å²) in [5.41, 5.74) is 2.28. The molecule has 1 aromatic rings. The van der Waals surface area contributed by atoms with E-state index < -0.39 is 20.0 Å². The Morgan fingerprint density at radius 3 is 2.00 bits per heavy atom.